The zero-order valence-electron chi connectivity index (χ0n) is 7.81. The second-order valence-corrected chi connectivity index (χ2v) is 3.50. The van der Waals surface area contributed by atoms with E-state index in [0.29, 0.717) is 6.42 Å². The molecule has 2 rings (SSSR count). The zero-order chi connectivity index (χ0) is 9.97. The number of hydrogen-bond acceptors (Lipinski definition) is 3. The molecule has 4 heteroatoms. The first-order valence-corrected chi connectivity index (χ1v) is 4.73. The van der Waals surface area contributed by atoms with E-state index in [1.807, 2.05) is 18.2 Å². The second kappa shape index (κ2) is 3.75. The zero-order valence-corrected chi connectivity index (χ0v) is 7.81. The van der Waals surface area contributed by atoms with E-state index >= 15 is 0 Å². The van der Waals surface area contributed by atoms with Gasteiger partial charge in [-0.1, -0.05) is 6.07 Å². The molecule has 1 saturated heterocycles. The molecule has 1 aromatic heterocycles. The maximum atomic E-state index is 11.2. The average Bonchev–Trinajstić information content (AvgIpc) is 2.23. The van der Waals surface area contributed by atoms with Crippen LogP contribution in [0.25, 0.3) is 0 Å². The van der Waals surface area contributed by atoms with Crippen LogP contribution in [0.15, 0.2) is 24.4 Å². The molecular weight excluding hydrogens is 178 g/mol. The van der Waals surface area contributed by atoms with Gasteiger partial charge < -0.3 is 11.1 Å². The summed E-state index contributed by atoms with van der Waals surface area (Å²) < 4.78 is 0. The van der Waals surface area contributed by atoms with Gasteiger partial charge in [-0.05, 0) is 18.6 Å². The first kappa shape index (κ1) is 9.15. The molecule has 1 aromatic rings. The quantitative estimate of drug-likeness (QED) is 0.673. The molecule has 74 valence electrons. The number of carbonyl (C=O) groups excluding carboxylic acids is 1. The Morgan fingerprint density at radius 1 is 1.50 bits per heavy atom. The average molecular weight is 191 g/mol. The van der Waals surface area contributed by atoms with Crippen molar-refractivity contribution in [2.24, 2.45) is 5.73 Å². The van der Waals surface area contributed by atoms with Crippen molar-refractivity contribution < 1.29 is 4.79 Å². The van der Waals surface area contributed by atoms with Crippen LogP contribution in [0.1, 0.15) is 24.6 Å². The molecule has 1 fully saturated rings. The first-order chi connectivity index (χ1) is 6.77. The molecule has 0 spiro atoms. The summed E-state index contributed by atoms with van der Waals surface area (Å²) in [6.45, 7) is 0. The second-order valence-electron chi connectivity index (χ2n) is 3.50. The highest BCUT2D eigenvalue weighted by molar-refractivity contribution is 5.77. The first-order valence-electron chi connectivity index (χ1n) is 4.73. The van der Waals surface area contributed by atoms with Crippen molar-refractivity contribution in [2.45, 2.75) is 24.9 Å². The minimum atomic E-state index is -0.127. The van der Waals surface area contributed by atoms with Crippen molar-refractivity contribution >= 4 is 5.91 Å². The van der Waals surface area contributed by atoms with E-state index < -0.39 is 0 Å². The Morgan fingerprint density at radius 3 is 3.07 bits per heavy atom. The summed E-state index contributed by atoms with van der Waals surface area (Å²) in [5.74, 6) is 0.0577. The van der Waals surface area contributed by atoms with E-state index in [1.165, 1.54) is 0 Å². The molecule has 0 bridgehead atoms. The topological polar surface area (TPSA) is 68.0 Å². The minimum Gasteiger partial charge on any atom is -0.346 e. The smallest absolute Gasteiger partial charge is 0.220 e. The fourth-order valence-electron chi connectivity index (χ4n) is 1.67. The monoisotopic (exact) mass is 191 g/mol. The Bertz CT molecular complexity index is 325. The van der Waals surface area contributed by atoms with Crippen LogP contribution in [0.5, 0.6) is 0 Å². The van der Waals surface area contributed by atoms with Gasteiger partial charge in [0.15, 0.2) is 0 Å². The predicted octanol–water partition coefficient (Wildman–Crippen LogP) is 0.360. The number of nitrogens with zero attached hydrogens (tertiary/aromatic N) is 1. The van der Waals surface area contributed by atoms with Crippen molar-refractivity contribution in [1.82, 2.24) is 10.3 Å². The molecule has 1 aliphatic rings. The predicted molar refractivity (Wildman–Crippen MR) is 52.3 cm³/mol. The molecule has 0 aromatic carbocycles. The fraction of sp³-hybridized carbons (Fsp3) is 0.400. The Morgan fingerprint density at radius 2 is 2.36 bits per heavy atom. The lowest BCUT2D eigenvalue weighted by Crippen LogP contribution is -2.46. The number of amides is 1. The number of rotatable bonds is 1. The lowest BCUT2D eigenvalue weighted by molar-refractivity contribution is -0.123. The summed E-state index contributed by atoms with van der Waals surface area (Å²) in [7, 11) is 0. The van der Waals surface area contributed by atoms with E-state index in [2.05, 4.69) is 10.3 Å². The summed E-state index contributed by atoms with van der Waals surface area (Å²) in [6.07, 6.45) is 2.96. The van der Waals surface area contributed by atoms with Crippen LogP contribution in [-0.2, 0) is 4.79 Å². The SMILES string of the molecule is NC1CCC(=O)NC1c1ccccn1. The summed E-state index contributed by atoms with van der Waals surface area (Å²) in [5.41, 5.74) is 6.76. The van der Waals surface area contributed by atoms with Gasteiger partial charge >= 0.3 is 0 Å². The van der Waals surface area contributed by atoms with Crippen molar-refractivity contribution in [2.75, 3.05) is 0 Å². The van der Waals surface area contributed by atoms with Gasteiger partial charge in [0.25, 0.3) is 0 Å². The van der Waals surface area contributed by atoms with Crippen LogP contribution in [0.2, 0.25) is 0 Å². The number of carbonyl (C=O) groups is 1. The van der Waals surface area contributed by atoms with Crippen LogP contribution in [0.3, 0.4) is 0 Å². The number of aromatic nitrogens is 1. The molecule has 0 radical (unpaired) electrons. The Hall–Kier alpha value is -1.42. The van der Waals surface area contributed by atoms with Crippen molar-refractivity contribution in [3.8, 4) is 0 Å². The van der Waals surface area contributed by atoms with E-state index in [9.17, 15) is 4.79 Å². The van der Waals surface area contributed by atoms with Crippen molar-refractivity contribution in [1.29, 1.82) is 0 Å². The molecule has 2 unspecified atom stereocenters. The normalized spacial score (nSPS) is 27.1. The maximum Gasteiger partial charge on any atom is 0.220 e. The highest BCUT2D eigenvalue weighted by atomic mass is 16.1. The van der Waals surface area contributed by atoms with Gasteiger partial charge in [-0.2, -0.15) is 0 Å². The van der Waals surface area contributed by atoms with E-state index in [0.717, 1.165) is 12.1 Å². The molecule has 0 saturated carbocycles. The van der Waals surface area contributed by atoms with Crippen LogP contribution < -0.4 is 11.1 Å². The van der Waals surface area contributed by atoms with Gasteiger partial charge in [0.1, 0.15) is 0 Å². The third-order valence-corrected chi connectivity index (χ3v) is 2.46. The number of pyridine rings is 1. The maximum absolute atomic E-state index is 11.2. The van der Waals surface area contributed by atoms with Gasteiger partial charge in [0, 0.05) is 18.7 Å². The van der Waals surface area contributed by atoms with Gasteiger partial charge in [-0.15, -0.1) is 0 Å². The van der Waals surface area contributed by atoms with Crippen molar-refractivity contribution in [3.63, 3.8) is 0 Å². The van der Waals surface area contributed by atoms with Gasteiger partial charge in [-0.25, -0.2) is 0 Å². The molecule has 4 nitrogen and oxygen atoms in total. The van der Waals surface area contributed by atoms with Gasteiger partial charge in [0.2, 0.25) is 5.91 Å². The van der Waals surface area contributed by atoms with Crippen LogP contribution in [0, 0.1) is 0 Å². The van der Waals surface area contributed by atoms with Crippen LogP contribution in [0.4, 0.5) is 0 Å². The third kappa shape index (κ3) is 1.75. The van der Waals surface area contributed by atoms with Gasteiger partial charge in [-0.3, -0.25) is 9.78 Å². The largest absolute Gasteiger partial charge is 0.346 e. The van der Waals surface area contributed by atoms with Crippen LogP contribution in [-0.4, -0.2) is 16.9 Å². The molecule has 2 atom stereocenters. The molecule has 14 heavy (non-hydrogen) atoms. The lowest BCUT2D eigenvalue weighted by atomic mass is 9.96. The van der Waals surface area contributed by atoms with Crippen LogP contribution >= 0.6 is 0 Å². The molecule has 3 N–H and O–H groups in total. The number of piperidine rings is 1. The summed E-state index contributed by atoms with van der Waals surface area (Å²) in [6, 6.07) is 5.48. The van der Waals surface area contributed by atoms with E-state index in [1.54, 1.807) is 6.20 Å². The highest BCUT2D eigenvalue weighted by Crippen LogP contribution is 2.20. The van der Waals surface area contributed by atoms with E-state index in [4.69, 9.17) is 5.73 Å². The van der Waals surface area contributed by atoms with E-state index in [-0.39, 0.29) is 18.0 Å². The molecule has 2 heterocycles. The fourth-order valence-corrected chi connectivity index (χ4v) is 1.67. The minimum absolute atomic E-state index is 0.0254. The lowest BCUT2D eigenvalue weighted by Gasteiger charge is -2.28. The van der Waals surface area contributed by atoms with Gasteiger partial charge in [0.05, 0.1) is 11.7 Å². The summed E-state index contributed by atoms with van der Waals surface area (Å²) in [4.78, 5) is 15.4. The Labute approximate surface area is 82.5 Å². The Balaban J connectivity index is 2.20. The number of nitrogens with one attached hydrogen (secondary N) is 1. The number of hydrogen-bond donors (Lipinski definition) is 2. The summed E-state index contributed by atoms with van der Waals surface area (Å²) >= 11 is 0. The molecular formula is C10H13N3O. The molecule has 0 aliphatic carbocycles. The molecule has 1 amide bonds. The molecule has 1 aliphatic heterocycles. The third-order valence-electron chi connectivity index (χ3n) is 2.46. The van der Waals surface area contributed by atoms with Crippen molar-refractivity contribution in [3.05, 3.63) is 30.1 Å². The standard InChI is InChI=1S/C10H13N3O/c11-7-4-5-9(14)13-10(7)8-3-1-2-6-12-8/h1-3,6-7,10H,4-5,11H2,(H,13,14). The summed E-state index contributed by atoms with van der Waals surface area (Å²) in [5, 5.41) is 2.86. The Kier molecular flexibility index (Phi) is 2.45. The number of nitrogens with two attached hydrogens (primary N) is 1. The highest BCUT2D eigenvalue weighted by Gasteiger charge is 2.27.